The Morgan fingerprint density at radius 1 is 1.04 bits per heavy atom. The van der Waals surface area contributed by atoms with Crippen LogP contribution in [-0.4, -0.2) is 24.6 Å². The molecule has 0 aliphatic heterocycles. The minimum atomic E-state index is 0.357. The zero-order valence-corrected chi connectivity index (χ0v) is 15.7. The van der Waals surface area contributed by atoms with Gasteiger partial charge in [0, 0.05) is 30.1 Å². The highest BCUT2D eigenvalue weighted by atomic mass is 15.3. The SMILES string of the molecule is Cc1nc(NCc2ccccc2-c2cccnc2)n2ncc(C(C)C)c2n1. The molecule has 0 unspecified atom stereocenters. The molecule has 6 heteroatoms. The summed E-state index contributed by atoms with van der Waals surface area (Å²) < 4.78 is 1.79. The van der Waals surface area contributed by atoms with E-state index in [9.17, 15) is 0 Å². The second kappa shape index (κ2) is 7.15. The molecule has 27 heavy (non-hydrogen) atoms. The molecule has 0 bridgehead atoms. The molecule has 0 radical (unpaired) electrons. The van der Waals surface area contributed by atoms with Gasteiger partial charge in [0.15, 0.2) is 5.65 Å². The summed E-state index contributed by atoms with van der Waals surface area (Å²) in [4.78, 5) is 13.4. The zero-order valence-electron chi connectivity index (χ0n) is 15.7. The lowest BCUT2D eigenvalue weighted by Crippen LogP contribution is -2.10. The standard InChI is InChI=1S/C21H22N6/c1-14(2)19-13-24-27-20(19)25-15(3)26-21(27)23-12-17-7-4-5-9-18(17)16-8-6-10-22-11-16/h4-11,13-14H,12H2,1-3H3,(H,23,25,26). The molecule has 0 spiro atoms. The van der Waals surface area contributed by atoms with E-state index in [0.29, 0.717) is 18.4 Å². The van der Waals surface area contributed by atoms with Crippen molar-refractivity contribution in [3.63, 3.8) is 0 Å². The van der Waals surface area contributed by atoms with Crippen molar-refractivity contribution in [1.29, 1.82) is 0 Å². The van der Waals surface area contributed by atoms with Crippen LogP contribution >= 0.6 is 0 Å². The van der Waals surface area contributed by atoms with Crippen molar-refractivity contribution in [2.75, 3.05) is 5.32 Å². The van der Waals surface area contributed by atoms with Gasteiger partial charge in [0.2, 0.25) is 5.95 Å². The Kier molecular flexibility index (Phi) is 4.54. The number of pyridine rings is 1. The molecule has 0 atom stereocenters. The number of aryl methyl sites for hydroxylation is 1. The Morgan fingerprint density at radius 2 is 1.89 bits per heavy atom. The average molecular weight is 358 g/mol. The Labute approximate surface area is 158 Å². The zero-order chi connectivity index (χ0) is 18.8. The van der Waals surface area contributed by atoms with Crippen LogP contribution in [0.15, 0.2) is 55.0 Å². The summed E-state index contributed by atoms with van der Waals surface area (Å²) in [6, 6.07) is 12.3. The van der Waals surface area contributed by atoms with Crippen LogP contribution in [0.1, 0.15) is 36.7 Å². The smallest absolute Gasteiger partial charge is 0.227 e. The van der Waals surface area contributed by atoms with Gasteiger partial charge in [0.25, 0.3) is 0 Å². The first-order chi connectivity index (χ1) is 13.1. The number of fused-ring (bicyclic) bond motifs is 1. The van der Waals surface area contributed by atoms with Gasteiger partial charge >= 0.3 is 0 Å². The van der Waals surface area contributed by atoms with E-state index in [0.717, 1.165) is 28.2 Å². The molecular formula is C21H22N6. The predicted octanol–water partition coefficient (Wildman–Crippen LogP) is 4.23. The summed E-state index contributed by atoms with van der Waals surface area (Å²) in [5.74, 6) is 1.79. The third kappa shape index (κ3) is 3.38. The molecule has 0 amide bonds. The summed E-state index contributed by atoms with van der Waals surface area (Å²) in [6.45, 7) is 6.83. The molecule has 1 aromatic carbocycles. The number of nitrogens with zero attached hydrogens (tertiary/aromatic N) is 5. The molecule has 1 N–H and O–H groups in total. The summed E-state index contributed by atoms with van der Waals surface area (Å²) in [7, 11) is 0. The van der Waals surface area contributed by atoms with Crippen LogP contribution < -0.4 is 5.32 Å². The highest BCUT2D eigenvalue weighted by Gasteiger charge is 2.14. The van der Waals surface area contributed by atoms with Gasteiger partial charge in [-0.1, -0.05) is 44.2 Å². The number of aromatic nitrogens is 5. The van der Waals surface area contributed by atoms with Crippen LogP contribution in [0.25, 0.3) is 16.8 Å². The molecular weight excluding hydrogens is 336 g/mol. The number of nitrogens with one attached hydrogen (secondary N) is 1. The molecule has 0 aliphatic rings. The molecule has 4 rings (SSSR count). The van der Waals surface area contributed by atoms with Crippen LogP contribution in [0.3, 0.4) is 0 Å². The van der Waals surface area contributed by atoms with Gasteiger partial charge in [-0.3, -0.25) is 4.98 Å². The second-order valence-corrected chi connectivity index (χ2v) is 6.84. The van der Waals surface area contributed by atoms with Crippen molar-refractivity contribution in [2.45, 2.75) is 33.2 Å². The monoisotopic (exact) mass is 358 g/mol. The molecule has 6 nitrogen and oxygen atoms in total. The Bertz CT molecular complexity index is 1070. The molecule has 0 saturated heterocycles. The average Bonchev–Trinajstić information content (AvgIpc) is 3.11. The quantitative estimate of drug-likeness (QED) is 0.578. The summed E-state index contributed by atoms with van der Waals surface area (Å²) in [5.41, 5.74) is 5.41. The lowest BCUT2D eigenvalue weighted by molar-refractivity contribution is 0.852. The third-order valence-corrected chi connectivity index (χ3v) is 4.56. The van der Waals surface area contributed by atoms with E-state index >= 15 is 0 Å². The minimum absolute atomic E-state index is 0.357. The number of hydrogen-bond acceptors (Lipinski definition) is 5. The van der Waals surface area contributed by atoms with E-state index in [1.165, 1.54) is 5.56 Å². The maximum Gasteiger partial charge on any atom is 0.227 e. The summed E-state index contributed by atoms with van der Waals surface area (Å²) in [5, 5.41) is 7.93. The Morgan fingerprint density at radius 3 is 2.67 bits per heavy atom. The fourth-order valence-electron chi connectivity index (χ4n) is 3.17. The topological polar surface area (TPSA) is 68.0 Å². The van der Waals surface area contributed by atoms with E-state index in [1.54, 1.807) is 10.7 Å². The summed E-state index contributed by atoms with van der Waals surface area (Å²) in [6.07, 6.45) is 5.55. The first-order valence-electron chi connectivity index (χ1n) is 9.08. The molecule has 0 saturated carbocycles. The Hall–Kier alpha value is -3.28. The molecule has 3 aromatic heterocycles. The van der Waals surface area contributed by atoms with Crippen molar-refractivity contribution in [3.8, 4) is 11.1 Å². The number of rotatable bonds is 5. The summed E-state index contributed by atoms with van der Waals surface area (Å²) >= 11 is 0. The maximum absolute atomic E-state index is 4.58. The Balaban J connectivity index is 1.67. The molecule has 4 aromatic rings. The first-order valence-corrected chi connectivity index (χ1v) is 9.08. The normalized spacial score (nSPS) is 11.3. The fourth-order valence-corrected chi connectivity index (χ4v) is 3.17. The van der Waals surface area contributed by atoms with Gasteiger partial charge in [-0.15, -0.1) is 0 Å². The lowest BCUT2D eigenvalue weighted by atomic mass is 10.0. The minimum Gasteiger partial charge on any atom is -0.350 e. The fraction of sp³-hybridized carbons (Fsp3) is 0.238. The highest BCUT2D eigenvalue weighted by Crippen LogP contribution is 2.24. The lowest BCUT2D eigenvalue weighted by Gasteiger charge is -2.12. The molecule has 136 valence electrons. The van der Waals surface area contributed by atoms with Crippen LogP contribution in [0, 0.1) is 6.92 Å². The predicted molar refractivity (Wildman–Crippen MR) is 107 cm³/mol. The van der Waals surface area contributed by atoms with E-state index in [2.05, 4.69) is 57.4 Å². The van der Waals surface area contributed by atoms with Crippen LogP contribution in [0.2, 0.25) is 0 Å². The van der Waals surface area contributed by atoms with E-state index < -0.39 is 0 Å². The van der Waals surface area contributed by atoms with Gasteiger partial charge < -0.3 is 5.32 Å². The van der Waals surface area contributed by atoms with Crippen LogP contribution in [0.4, 0.5) is 5.95 Å². The van der Waals surface area contributed by atoms with Crippen molar-refractivity contribution in [1.82, 2.24) is 24.6 Å². The van der Waals surface area contributed by atoms with Crippen LogP contribution in [-0.2, 0) is 6.54 Å². The van der Waals surface area contributed by atoms with E-state index in [1.807, 2.05) is 37.5 Å². The van der Waals surface area contributed by atoms with Gasteiger partial charge in [0.05, 0.1) is 6.20 Å². The number of hydrogen-bond donors (Lipinski definition) is 1. The highest BCUT2D eigenvalue weighted by molar-refractivity contribution is 5.66. The molecule has 3 heterocycles. The molecule has 0 aliphatic carbocycles. The van der Waals surface area contributed by atoms with Gasteiger partial charge in [-0.05, 0) is 30.0 Å². The second-order valence-electron chi connectivity index (χ2n) is 6.84. The third-order valence-electron chi connectivity index (χ3n) is 4.56. The first kappa shape index (κ1) is 17.1. The maximum atomic E-state index is 4.58. The van der Waals surface area contributed by atoms with Crippen molar-refractivity contribution in [3.05, 3.63) is 71.9 Å². The van der Waals surface area contributed by atoms with Crippen molar-refractivity contribution >= 4 is 11.6 Å². The van der Waals surface area contributed by atoms with Crippen molar-refractivity contribution < 1.29 is 0 Å². The van der Waals surface area contributed by atoms with E-state index in [-0.39, 0.29) is 0 Å². The van der Waals surface area contributed by atoms with Crippen LogP contribution in [0.5, 0.6) is 0 Å². The van der Waals surface area contributed by atoms with Gasteiger partial charge in [0.1, 0.15) is 5.82 Å². The van der Waals surface area contributed by atoms with E-state index in [4.69, 9.17) is 0 Å². The van der Waals surface area contributed by atoms with Gasteiger partial charge in [-0.25, -0.2) is 4.98 Å². The largest absolute Gasteiger partial charge is 0.350 e. The molecule has 0 fully saturated rings. The number of benzene rings is 1. The van der Waals surface area contributed by atoms with Gasteiger partial charge in [-0.2, -0.15) is 14.6 Å². The number of anilines is 1. The van der Waals surface area contributed by atoms with Crippen molar-refractivity contribution in [2.24, 2.45) is 0 Å².